The topological polar surface area (TPSA) is 84.1 Å². The Hall–Kier alpha value is -3.09. The number of para-hydroxylation sites is 1. The van der Waals surface area contributed by atoms with Gasteiger partial charge in [0.05, 0.1) is 5.52 Å². The molecule has 0 bridgehead atoms. The molecule has 3 rings (SSSR count). The quantitative estimate of drug-likeness (QED) is 0.773. The van der Waals surface area contributed by atoms with Crippen molar-refractivity contribution in [1.29, 1.82) is 0 Å². The number of benzene rings is 1. The van der Waals surface area contributed by atoms with Gasteiger partial charge >= 0.3 is 5.97 Å². The molecule has 22 heavy (non-hydrogen) atoms. The van der Waals surface area contributed by atoms with E-state index in [1.165, 1.54) is 40.8 Å². The van der Waals surface area contributed by atoms with Crippen molar-refractivity contribution in [3.05, 3.63) is 59.8 Å². The fourth-order valence-corrected chi connectivity index (χ4v) is 2.15. The molecule has 0 saturated carbocycles. The van der Waals surface area contributed by atoms with E-state index in [0.717, 1.165) is 0 Å². The number of aromatic nitrogens is 2. The van der Waals surface area contributed by atoms with Gasteiger partial charge in [-0.1, -0.05) is 18.2 Å². The van der Waals surface area contributed by atoms with Crippen LogP contribution in [-0.4, -0.2) is 25.6 Å². The van der Waals surface area contributed by atoms with Gasteiger partial charge in [-0.3, -0.25) is 4.40 Å². The molecule has 0 atom stereocenters. The van der Waals surface area contributed by atoms with E-state index in [2.05, 4.69) is 4.98 Å². The van der Waals surface area contributed by atoms with Crippen molar-refractivity contribution >= 4 is 11.5 Å². The second-order valence-corrected chi connectivity index (χ2v) is 4.51. The number of rotatable bonds is 4. The molecule has 112 valence electrons. The average Bonchev–Trinajstić information content (AvgIpc) is 2.87. The minimum absolute atomic E-state index is 0.0199. The fourth-order valence-electron chi connectivity index (χ4n) is 2.15. The van der Waals surface area contributed by atoms with Crippen molar-refractivity contribution < 1.29 is 24.1 Å². The van der Waals surface area contributed by atoms with Gasteiger partial charge in [-0.15, -0.1) is 0 Å². The Labute approximate surface area is 124 Å². The van der Waals surface area contributed by atoms with Gasteiger partial charge in [0.25, 0.3) is 0 Å². The molecule has 0 saturated heterocycles. The summed E-state index contributed by atoms with van der Waals surface area (Å²) in [6, 6.07) is 10.3. The van der Waals surface area contributed by atoms with Crippen molar-refractivity contribution in [2.45, 2.75) is 6.61 Å². The third kappa shape index (κ3) is 2.32. The SMILES string of the molecule is O=C(O)c1nc(COc2ccccc2F)n2c(O)cccc12. The summed E-state index contributed by atoms with van der Waals surface area (Å²) < 4.78 is 20.1. The largest absolute Gasteiger partial charge is 0.494 e. The van der Waals surface area contributed by atoms with Crippen molar-refractivity contribution in [2.75, 3.05) is 0 Å². The lowest BCUT2D eigenvalue weighted by Gasteiger charge is -2.07. The minimum atomic E-state index is -1.22. The Bertz CT molecular complexity index is 860. The van der Waals surface area contributed by atoms with Gasteiger partial charge in [-0.25, -0.2) is 14.2 Å². The lowest BCUT2D eigenvalue weighted by Crippen LogP contribution is -2.03. The molecule has 2 aromatic heterocycles. The van der Waals surface area contributed by atoms with E-state index in [0.29, 0.717) is 0 Å². The molecule has 0 aliphatic heterocycles. The molecule has 0 unspecified atom stereocenters. The van der Waals surface area contributed by atoms with E-state index >= 15 is 0 Å². The van der Waals surface area contributed by atoms with Gasteiger partial charge in [0, 0.05) is 0 Å². The van der Waals surface area contributed by atoms with Gasteiger partial charge in [0.15, 0.2) is 29.0 Å². The molecule has 2 heterocycles. The monoisotopic (exact) mass is 302 g/mol. The van der Waals surface area contributed by atoms with Crippen LogP contribution in [0, 0.1) is 5.82 Å². The molecule has 0 spiro atoms. The average molecular weight is 302 g/mol. The highest BCUT2D eigenvalue weighted by atomic mass is 19.1. The van der Waals surface area contributed by atoms with Crippen LogP contribution in [0.1, 0.15) is 16.3 Å². The fraction of sp³-hybridized carbons (Fsp3) is 0.0667. The number of halogens is 1. The Morgan fingerprint density at radius 1 is 1.23 bits per heavy atom. The number of fused-ring (bicyclic) bond motifs is 1. The summed E-state index contributed by atoms with van der Waals surface area (Å²) in [5, 5.41) is 19.1. The number of carboxylic acids is 1. The van der Waals surface area contributed by atoms with Crippen LogP contribution < -0.4 is 4.74 Å². The van der Waals surface area contributed by atoms with E-state index in [9.17, 15) is 14.3 Å². The normalized spacial score (nSPS) is 10.8. The van der Waals surface area contributed by atoms with Crippen molar-refractivity contribution in [3.63, 3.8) is 0 Å². The van der Waals surface area contributed by atoms with E-state index in [1.54, 1.807) is 6.07 Å². The summed E-state index contributed by atoms with van der Waals surface area (Å²) in [6.45, 7) is -0.188. The molecule has 6 nitrogen and oxygen atoms in total. The smallest absolute Gasteiger partial charge is 0.356 e. The number of pyridine rings is 1. The van der Waals surface area contributed by atoms with Crippen molar-refractivity contribution in [1.82, 2.24) is 9.38 Å². The van der Waals surface area contributed by atoms with Gasteiger partial charge in [-0.2, -0.15) is 0 Å². The Morgan fingerprint density at radius 2 is 2.00 bits per heavy atom. The summed E-state index contributed by atoms with van der Waals surface area (Å²) in [4.78, 5) is 15.2. The number of imidazole rings is 1. The summed E-state index contributed by atoms with van der Waals surface area (Å²) in [7, 11) is 0. The summed E-state index contributed by atoms with van der Waals surface area (Å²) in [6.07, 6.45) is 0. The standard InChI is InChI=1S/C15H11FN2O4/c16-9-4-1-2-6-11(9)22-8-12-17-14(15(20)21)10-5-3-7-13(19)18(10)12/h1-7,19H,8H2,(H,20,21). The zero-order valence-corrected chi connectivity index (χ0v) is 11.2. The number of aromatic carboxylic acids is 1. The predicted octanol–water partition coefficient (Wildman–Crippen LogP) is 2.46. The minimum Gasteiger partial charge on any atom is -0.494 e. The van der Waals surface area contributed by atoms with E-state index < -0.39 is 11.8 Å². The molecule has 7 heteroatoms. The molecule has 0 aliphatic rings. The maximum Gasteiger partial charge on any atom is 0.356 e. The second kappa shape index (κ2) is 5.36. The molecule has 0 aliphatic carbocycles. The number of ether oxygens (including phenoxy) is 1. The van der Waals surface area contributed by atoms with Crippen molar-refractivity contribution in [3.8, 4) is 11.6 Å². The van der Waals surface area contributed by atoms with Crippen LogP contribution in [0.25, 0.3) is 5.52 Å². The van der Waals surface area contributed by atoms with Crippen LogP contribution in [0.4, 0.5) is 4.39 Å². The molecular formula is C15H11FN2O4. The molecule has 0 fully saturated rings. The van der Waals surface area contributed by atoms with E-state index in [4.69, 9.17) is 9.84 Å². The highest BCUT2D eigenvalue weighted by molar-refractivity contribution is 5.93. The highest BCUT2D eigenvalue weighted by Crippen LogP contribution is 2.22. The lowest BCUT2D eigenvalue weighted by molar-refractivity contribution is 0.0693. The van der Waals surface area contributed by atoms with E-state index in [1.807, 2.05) is 0 Å². The molecule has 2 N–H and O–H groups in total. The number of carbonyl (C=O) groups is 1. The van der Waals surface area contributed by atoms with Crippen LogP contribution in [-0.2, 0) is 6.61 Å². The summed E-state index contributed by atoms with van der Waals surface area (Å²) >= 11 is 0. The van der Waals surface area contributed by atoms with Crippen LogP contribution in [0.5, 0.6) is 11.6 Å². The number of aromatic hydroxyl groups is 1. The van der Waals surface area contributed by atoms with Crippen molar-refractivity contribution in [2.24, 2.45) is 0 Å². The first kappa shape index (κ1) is 13.9. The van der Waals surface area contributed by atoms with Gasteiger partial charge in [-0.05, 0) is 24.3 Å². The van der Waals surface area contributed by atoms with Crippen LogP contribution in [0.3, 0.4) is 0 Å². The third-order valence-electron chi connectivity index (χ3n) is 3.11. The van der Waals surface area contributed by atoms with Gasteiger partial charge in [0.2, 0.25) is 0 Å². The zero-order chi connectivity index (χ0) is 15.7. The number of carboxylic acid groups (broad SMARTS) is 1. The Morgan fingerprint density at radius 3 is 2.73 bits per heavy atom. The predicted molar refractivity (Wildman–Crippen MR) is 74.5 cm³/mol. The molecule has 3 aromatic rings. The zero-order valence-electron chi connectivity index (χ0n) is 11.2. The first-order valence-electron chi connectivity index (χ1n) is 6.38. The van der Waals surface area contributed by atoms with Gasteiger partial charge < -0.3 is 14.9 Å². The summed E-state index contributed by atoms with van der Waals surface area (Å²) in [5.41, 5.74) is 0.0302. The molecule has 0 amide bonds. The van der Waals surface area contributed by atoms with Crippen LogP contribution in [0.2, 0.25) is 0 Å². The number of nitrogens with zero attached hydrogens (tertiary/aromatic N) is 2. The molecule has 0 radical (unpaired) electrons. The number of hydrogen-bond acceptors (Lipinski definition) is 4. The molecule has 1 aromatic carbocycles. The van der Waals surface area contributed by atoms with Crippen LogP contribution >= 0.6 is 0 Å². The Kier molecular flexibility index (Phi) is 3.38. The lowest BCUT2D eigenvalue weighted by atomic mass is 10.3. The van der Waals surface area contributed by atoms with E-state index in [-0.39, 0.29) is 35.3 Å². The number of hydrogen-bond donors (Lipinski definition) is 2. The first-order valence-corrected chi connectivity index (χ1v) is 6.38. The maximum absolute atomic E-state index is 13.5. The molecular weight excluding hydrogens is 291 g/mol. The van der Waals surface area contributed by atoms with Crippen LogP contribution in [0.15, 0.2) is 42.5 Å². The third-order valence-corrected chi connectivity index (χ3v) is 3.11. The van der Waals surface area contributed by atoms with Gasteiger partial charge in [0.1, 0.15) is 6.61 Å². The Balaban J connectivity index is 2.00. The highest BCUT2D eigenvalue weighted by Gasteiger charge is 2.19. The second-order valence-electron chi connectivity index (χ2n) is 4.51. The first-order chi connectivity index (χ1) is 10.6. The summed E-state index contributed by atoms with van der Waals surface area (Å²) in [5.74, 6) is -1.75. The maximum atomic E-state index is 13.5.